The van der Waals surface area contributed by atoms with Crippen molar-refractivity contribution >= 4 is 39.9 Å². The maximum Gasteiger partial charge on any atom is 0.249 e. The van der Waals surface area contributed by atoms with Crippen LogP contribution < -0.4 is 10.6 Å². The lowest BCUT2D eigenvalue weighted by Crippen LogP contribution is -2.47. The Kier molecular flexibility index (Phi) is 2.88. The Hall–Kier alpha value is -1.14. The number of piperidine rings is 1. The zero-order valence-corrected chi connectivity index (χ0v) is 9.19. The minimum Gasteiger partial charge on any atom is -0.350 e. The molecule has 0 bridgehead atoms. The first-order valence-electron chi connectivity index (χ1n) is 4.36. The van der Waals surface area contributed by atoms with Gasteiger partial charge in [-0.15, -0.1) is 11.3 Å². The predicted molar refractivity (Wildman–Crippen MR) is 56.9 cm³/mol. The number of rotatable bonds is 2. The van der Waals surface area contributed by atoms with E-state index in [1.165, 1.54) is 11.3 Å². The highest BCUT2D eigenvalue weighted by Crippen LogP contribution is 2.21. The Morgan fingerprint density at radius 2 is 2.40 bits per heavy atom. The molecule has 1 fully saturated rings. The molecule has 80 valence electrons. The first-order chi connectivity index (χ1) is 7.15. The van der Waals surface area contributed by atoms with Gasteiger partial charge in [-0.05, 0) is 6.42 Å². The summed E-state index contributed by atoms with van der Waals surface area (Å²) in [6.07, 6.45) is 0.838. The number of nitrogens with one attached hydrogen (secondary N) is 2. The summed E-state index contributed by atoms with van der Waals surface area (Å²) in [6.45, 7) is 0. The van der Waals surface area contributed by atoms with Gasteiger partial charge in [-0.25, -0.2) is 4.98 Å². The molecule has 15 heavy (non-hydrogen) atoms. The third kappa shape index (κ3) is 2.45. The van der Waals surface area contributed by atoms with Crippen LogP contribution in [-0.4, -0.2) is 22.8 Å². The van der Waals surface area contributed by atoms with Gasteiger partial charge in [0.05, 0.1) is 0 Å². The molecular formula is C8H8ClN3O2S. The van der Waals surface area contributed by atoms with Gasteiger partial charge in [0.2, 0.25) is 11.8 Å². The fraction of sp³-hybridized carbons (Fsp3) is 0.375. The minimum absolute atomic E-state index is 0.227. The molecule has 1 aliphatic heterocycles. The summed E-state index contributed by atoms with van der Waals surface area (Å²) in [7, 11) is 0. The number of hydrogen-bond donors (Lipinski definition) is 2. The van der Waals surface area contributed by atoms with Crippen molar-refractivity contribution in [1.82, 2.24) is 10.3 Å². The molecule has 1 aliphatic rings. The van der Waals surface area contributed by atoms with Crippen LogP contribution in [0.15, 0.2) is 5.38 Å². The van der Waals surface area contributed by atoms with Gasteiger partial charge in [0.1, 0.15) is 11.2 Å². The smallest absolute Gasteiger partial charge is 0.249 e. The second-order valence-electron chi connectivity index (χ2n) is 3.12. The van der Waals surface area contributed by atoms with Gasteiger partial charge in [0.15, 0.2) is 5.13 Å². The Morgan fingerprint density at radius 3 is 3.00 bits per heavy atom. The lowest BCUT2D eigenvalue weighted by molar-refractivity contribution is -0.133. The molecule has 0 saturated carbocycles. The van der Waals surface area contributed by atoms with E-state index in [0.717, 1.165) is 0 Å². The van der Waals surface area contributed by atoms with Crippen LogP contribution in [-0.2, 0) is 9.59 Å². The molecule has 0 aliphatic carbocycles. The number of carbonyl (C=O) groups excluding carboxylic acids is 2. The third-order valence-corrected chi connectivity index (χ3v) is 3.11. The summed E-state index contributed by atoms with van der Waals surface area (Å²) in [4.78, 5) is 26.2. The summed E-state index contributed by atoms with van der Waals surface area (Å²) in [6, 6.07) is -0.398. The SMILES string of the molecule is O=C1CCC(Nc2nc(Cl)cs2)C(=O)N1. The molecule has 2 N–H and O–H groups in total. The second-order valence-corrected chi connectivity index (χ2v) is 4.37. The highest BCUT2D eigenvalue weighted by atomic mass is 35.5. The van der Waals surface area contributed by atoms with E-state index in [4.69, 9.17) is 11.6 Å². The number of halogens is 1. The summed E-state index contributed by atoms with van der Waals surface area (Å²) < 4.78 is 0. The Morgan fingerprint density at radius 1 is 1.60 bits per heavy atom. The standard InChI is InChI=1S/C8H8ClN3O2S/c9-5-3-15-8(11-5)10-4-1-2-6(13)12-7(4)14/h3-4H,1-2H2,(H,10,11)(H,12,13,14). The molecule has 1 saturated heterocycles. The van der Waals surface area contributed by atoms with Gasteiger partial charge >= 0.3 is 0 Å². The molecule has 2 amide bonds. The number of hydrogen-bond acceptors (Lipinski definition) is 5. The topological polar surface area (TPSA) is 71.1 Å². The molecule has 0 radical (unpaired) electrons. The van der Waals surface area contributed by atoms with Crippen molar-refractivity contribution in [3.05, 3.63) is 10.5 Å². The molecule has 1 aromatic rings. The van der Waals surface area contributed by atoms with E-state index in [9.17, 15) is 9.59 Å². The fourth-order valence-electron chi connectivity index (χ4n) is 1.30. The van der Waals surface area contributed by atoms with Crippen LogP contribution in [0.25, 0.3) is 0 Å². The highest BCUT2D eigenvalue weighted by molar-refractivity contribution is 7.14. The highest BCUT2D eigenvalue weighted by Gasteiger charge is 2.26. The monoisotopic (exact) mass is 245 g/mol. The van der Waals surface area contributed by atoms with Crippen LogP contribution >= 0.6 is 22.9 Å². The Bertz CT molecular complexity index is 406. The summed E-state index contributed by atoms with van der Waals surface area (Å²) >= 11 is 6.97. The minimum atomic E-state index is -0.398. The molecule has 1 atom stereocenters. The van der Waals surface area contributed by atoms with Crippen LogP contribution in [0.3, 0.4) is 0 Å². The van der Waals surface area contributed by atoms with Gasteiger partial charge in [0.25, 0.3) is 0 Å². The van der Waals surface area contributed by atoms with Crippen LogP contribution in [0.4, 0.5) is 5.13 Å². The number of amides is 2. The maximum absolute atomic E-state index is 11.4. The van der Waals surface area contributed by atoms with Crippen molar-refractivity contribution < 1.29 is 9.59 Å². The van der Waals surface area contributed by atoms with Crippen molar-refractivity contribution in [2.45, 2.75) is 18.9 Å². The van der Waals surface area contributed by atoms with Crippen molar-refractivity contribution in [2.75, 3.05) is 5.32 Å². The van der Waals surface area contributed by atoms with Crippen molar-refractivity contribution in [3.8, 4) is 0 Å². The molecular weight excluding hydrogens is 238 g/mol. The van der Waals surface area contributed by atoms with E-state index in [1.54, 1.807) is 5.38 Å². The molecule has 0 spiro atoms. The van der Waals surface area contributed by atoms with Crippen molar-refractivity contribution in [2.24, 2.45) is 0 Å². The fourth-order valence-corrected chi connectivity index (χ4v) is 2.19. The number of nitrogens with zero attached hydrogens (tertiary/aromatic N) is 1. The first-order valence-corrected chi connectivity index (χ1v) is 5.62. The van der Waals surface area contributed by atoms with Crippen LogP contribution in [0.2, 0.25) is 5.15 Å². The number of thiazole rings is 1. The number of imide groups is 1. The van der Waals surface area contributed by atoms with Crippen molar-refractivity contribution in [1.29, 1.82) is 0 Å². The maximum atomic E-state index is 11.4. The zero-order chi connectivity index (χ0) is 10.8. The molecule has 0 aromatic carbocycles. The first kappa shape index (κ1) is 10.4. The van der Waals surface area contributed by atoms with E-state index in [0.29, 0.717) is 23.1 Å². The van der Waals surface area contributed by atoms with E-state index in [1.807, 2.05) is 0 Å². The Balaban J connectivity index is 2.00. The molecule has 2 rings (SSSR count). The zero-order valence-electron chi connectivity index (χ0n) is 7.62. The van der Waals surface area contributed by atoms with E-state index in [-0.39, 0.29) is 11.8 Å². The largest absolute Gasteiger partial charge is 0.350 e. The van der Waals surface area contributed by atoms with Gasteiger partial charge in [-0.1, -0.05) is 11.6 Å². The Labute approximate surface area is 94.8 Å². The van der Waals surface area contributed by atoms with Gasteiger partial charge < -0.3 is 5.32 Å². The average Bonchev–Trinajstić information content (AvgIpc) is 2.56. The number of anilines is 1. The number of aromatic nitrogens is 1. The van der Waals surface area contributed by atoms with E-state index < -0.39 is 6.04 Å². The van der Waals surface area contributed by atoms with Crippen molar-refractivity contribution in [3.63, 3.8) is 0 Å². The second kappa shape index (κ2) is 4.16. The lowest BCUT2D eigenvalue weighted by atomic mass is 10.1. The van der Waals surface area contributed by atoms with Crippen LogP contribution in [0, 0.1) is 0 Å². The van der Waals surface area contributed by atoms with E-state index >= 15 is 0 Å². The van der Waals surface area contributed by atoms with Gasteiger partial charge in [0, 0.05) is 11.8 Å². The molecule has 1 aromatic heterocycles. The van der Waals surface area contributed by atoms with E-state index in [2.05, 4.69) is 15.6 Å². The molecule has 1 unspecified atom stereocenters. The third-order valence-electron chi connectivity index (χ3n) is 2.01. The quantitative estimate of drug-likeness (QED) is 0.763. The normalized spacial score (nSPS) is 21.3. The average molecular weight is 246 g/mol. The molecule has 5 nitrogen and oxygen atoms in total. The summed E-state index contributed by atoms with van der Waals surface area (Å²) in [5, 5.41) is 7.86. The van der Waals surface area contributed by atoms with Crippen LogP contribution in [0.1, 0.15) is 12.8 Å². The number of carbonyl (C=O) groups is 2. The van der Waals surface area contributed by atoms with Crippen LogP contribution in [0.5, 0.6) is 0 Å². The molecule has 7 heteroatoms. The van der Waals surface area contributed by atoms with Gasteiger partial charge in [-0.2, -0.15) is 0 Å². The predicted octanol–water partition coefficient (Wildman–Crippen LogP) is 1.01. The lowest BCUT2D eigenvalue weighted by Gasteiger charge is -2.21. The summed E-state index contributed by atoms with van der Waals surface area (Å²) in [5.74, 6) is -0.534. The summed E-state index contributed by atoms with van der Waals surface area (Å²) in [5.41, 5.74) is 0. The van der Waals surface area contributed by atoms with Gasteiger partial charge in [-0.3, -0.25) is 14.9 Å². The molecule has 2 heterocycles.